The predicted octanol–water partition coefficient (Wildman–Crippen LogP) is 4.60. The third-order valence-corrected chi connectivity index (χ3v) is 8.47. The zero-order chi connectivity index (χ0) is 28.9. The van der Waals surface area contributed by atoms with Gasteiger partial charge in [0.1, 0.15) is 5.82 Å². The van der Waals surface area contributed by atoms with E-state index in [0.717, 1.165) is 23.1 Å². The maximum Gasteiger partial charge on any atom is 0.277 e. The van der Waals surface area contributed by atoms with Gasteiger partial charge in [-0.15, -0.1) is 0 Å². The second kappa shape index (κ2) is 12.2. The number of aryl methyl sites for hydroxylation is 2. The Balaban J connectivity index is 1.89. The molecule has 4 aromatic rings. The molecule has 206 valence electrons. The molecule has 2 aromatic heterocycles. The Morgan fingerprint density at radius 2 is 1.90 bits per heavy atom. The summed E-state index contributed by atoms with van der Waals surface area (Å²) in [6.45, 7) is 3.89. The molecule has 0 amide bonds. The highest BCUT2D eigenvalue weighted by molar-refractivity contribution is 7.91. The van der Waals surface area contributed by atoms with Gasteiger partial charge in [-0.1, -0.05) is 37.6 Å². The predicted molar refractivity (Wildman–Crippen MR) is 150 cm³/mol. The molecule has 0 aliphatic rings. The summed E-state index contributed by atoms with van der Waals surface area (Å²) in [7, 11) is -3.00. The van der Waals surface area contributed by atoms with Gasteiger partial charge in [-0.05, 0) is 65.9 Å². The van der Waals surface area contributed by atoms with Gasteiger partial charge in [-0.3, -0.25) is 14.3 Å². The average molecular weight is 559 g/mol. The summed E-state index contributed by atoms with van der Waals surface area (Å²) in [5.74, 6) is -0.612. The minimum Gasteiger partial charge on any atom is -0.492 e. The van der Waals surface area contributed by atoms with Crippen molar-refractivity contribution >= 4 is 9.84 Å². The van der Waals surface area contributed by atoms with E-state index in [1.807, 2.05) is 19.9 Å². The number of aromatic hydroxyl groups is 1. The Morgan fingerprint density at radius 3 is 2.55 bits per heavy atom. The van der Waals surface area contributed by atoms with Crippen LogP contribution in [0.15, 0.2) is 81.6 Å². The first kappa shape index (κ1) is 28.7. The van der Waals surface area contributed by atoms with Gasteiger partial charge in [0, 0.05) is 25.9 Å². The number of hydrogen-bond acceptors (Lipinski definition) is 8. The molecule has 0 fully saturated rings. The highest BCUT2D eigenvalue weighted by Crippen LogP contribution is 2.30. The van der Waals surface area contributed by atoms with Crippen LogP contribution in [0.2, 0.25) is 0 Å². The van der Waals surface area contributed by atoms with Crippen molar-refractivity contribution in [3.8, 4) is 23.1 Å². The number of ether oxygens (including phenoxy) is 1. The van der Waals surface area contributed by atoms with Crippen LogP contribution in [0.1, 0.15) is 48.3 Å². The number of nitrogens with zero attached hydrogens (tertiary/aromatic N) is 4. The van der Waals surface area contributed by atoms with Crippen molar-refractivity contribution in [3.05, 3.63) is 99.9 Å². The molecule has 0 aliphatic heterocycles. The van der Waals surface area contributed by atoms with Crippen LogP contribution in [0.3, 0.4) is 0 Å². The van der Waals surface area contributed by atoms with Gasteiger partial charge >= 0.3 is 0 Å². The summed E-state index contributed by atoms with van der Waals surface area (Å²) in [5.41, 5.74) is 2.66. The fraction of sp³-hybridized carbons (Fsp3) is 0.267. The molecule has 1 unspecified atom stereocenters. The largest absolute Gasteiger partial charge is 0.492 e. The normalized spacial score (nSPS) is 12.2. The smallest absolute Gasteiger partial charge is 0.277 e. The van der Waals surface area contributed by atoms with Gasteiger partial charge in [-0.2, -0.15) is 10.2 Å². The van der Waals surface area contributed by atoms with E-state index in [9.17, 15) is 23.6 Å². The van der Waals surface area contributed by atoms with Crippen LogP contribution in [0.5, 0.6) is 5.88 Å². The van der Waals surface area contributed by atoms with Crippen molar-refractivity contribution in [2.24, 2.45) is 0 Å². The maximum absolute atomic E-state index is 14.0. The molecule has 1 N–H and O–H groups in total. The van der Waals surface area contributed by atoms with Crippen molar-refractivity contribution < 1.29 is 18.3 Å². The molecule has 0 saturated heterocycles. The van der Waals surface area contributed by atoms with Gasteiger partial charge in [0.15, 0.2) is 4.90 Å². The number of hydrogen-bond donors (Lipinski definition) is 1. The van der Waals surface area contributed by atoms with Crippen molar-refractivity contribution in [1.82, 2.24) is 14.5 Å². The van der Waals surface area contributed by atoms with E-state index in [1.54, 1.807) is 48.8 Å². The van der Waals surface area contributed by atoms with Crippen LogP contribution >= 0.6 is 0 Å². The molecule has 0 radical (unpaired) electrons. The number of benzene rings is 2. The SMILES string of the molecule is CCCCc1nc(O)c(S(=O)(=O)c2ccc(-c3ccncc3C)cc2)c(=O)n1C(COC)c1cccc(C#N)c1. The summed E-state index contributed by atoms with van der Waals surface area (Å²) in [5, 5.41) is 20.3. The molecule has 10 heteroatoms. The van der Waals surface area contributed by atoms with E-state index >= 15 is 0 Å². The van der Waals surface area contributed by atoms with Gasteiger partial charge in [0.2, 0.25) is 15.7 Å². The quantitative estimate of drug-likeness (QED) is 0.298. The highest BCUT2D eigenvalue weighted by atomic mass is 32.2. The van der Waals surface area contributed by atoms with E-state index in [1.165, 1.54) is 23.8 Å². The lowest BCUT2D eigenvalue weighted by Gasteiger charge is -2.24. The first-order chi connectivity index (χ1) is 19.2. The standard InChI is InChI=1S/C30H30N4O5S/c1-4-5-9-27-33-29(35)28(30(36)34(27)26(19-39-3)23-8-6-7-21(16-23)17-31)40(37,38)24-12-10-22(11-13-24)25-14-15-32-18-20(25)2/h6-8,10-16,18,26,35H,4-5,9,19H2,1-3H3. The Kier molecular flexibility index (Phi) is 8.77. The molecular formula is C30H30N4O5S. The summed E-state index contributed by atoms with van der Waals surface area (Å²) in [4.78, 5) is 21.4. The second-order valence-electron chi connectivity index (χ2n) is 9.39. The van der Waals surface area contributed by atoms with Crippen molar-refractivity contribution in [3.63, 3.8) is 0 Å². The zero-order valence-corrected chi connectivity index (χ0v) is 23.4. The molecule has 0 aliphatic carbocycles. The first-order valence-corrected chi connectivity index (χ1v) is 14.3. The van der Waals surface area contributed by atoms with Crippen molar-refractivity contribution in [2.75, 3.05) is 13.7 Å². The van der Waals surface area contributed by atoms with Gasteiger partial charge < -0.3 is 9.84 Å². The van der Waals surface area contributed by atoms with E-state index in [2.05, 4.69) is 16.0 Å². The van der Waals surface area contributed by atoms with E-state index < -0.39 is 32.2 Å². The Bertz CT molecular complexity index is 1720. The molecule has 0 bridgehead atoms. The minimum absolute atomic E-state index is 0.0137. The molecule has 2 heterocycles. The van der Waals surface area contributed by atoms with Gasteiger partial charge in [-0.25, -0.2) is 8.42 Å². The number of nitriles is 1. The summed E-state index contributed by atoms with van der Waals surface area (Å²) in [6.07, 6.45) is 5.15. The lowest BCUT2D eigenvalue weighted by atomic mass is 10.0. The first-order valence-electron chi connectivity index (χ1n) is 12.8. The van der Waals surface area contributed by atoms with Gasteiger partial charge in [0.05, 0.1) is 29.2 Å². The van der Waals surface area contributed by atoms with Crippen LogP contribution in [0.4, 0.5) is 0 Å². The number of rotatable bonds is 10. The van der Waals surface area contributed by atoms with Crippen LogP contribution in [-0.4, -0.2) is 41.8 Å². The number of unbranched alkanes of at least 4 members (excludes halogenated alkanes) is 1. The average Bonchev–Trinajstić information content (AvgIpc) is 2.95. The molecule has 4 rings (SSSR count). The Hall–Kier alpha value is -4.33. The fourth-order valence-electron chi connectivity index (χ4n) is 4.64. The monoisotopic (exact) mass is 558 g/mol. The zero-order valence-electron chi connectivity index (χ0n) is 22.5. The third kappa shape index (κ3) is 5.66. The third-order valence-electron chi connectivity index (χ3n) is 6.68. The van der Waals surface area contributed by atoms with Crippen molar-refractivity contribution in [2.45, 2.75) is 48.9 Å². The minimum atomic E-state index is -4.46. The molecule has 2 aromatic carbocycles. The van der Waals surface area contributed by atoms with Crippen LogP contribution < -0.4 is 5.56 Å². The highest BCUT2D eigenvalue weighted by Gasteiger charge is 2.32. The van der Waals surface area contributed by atoms with E-state index in [0.29, 0.717) is 24.0 Å². The molecular weight excluding hydrogens is 528 g/mol. The lowest BCUT2D eigenvalue weighted by Crippen LogP contribution is -2.35. The number of pyridine rings is 1. The molecule has 0 spiro atoms. The van der Waals surface area contributed by atoms with Gasteiger partial charge in [0.25, 0.3) is 5.56 Å². The number of sulfone groups is 1. The summed E-state index contributed by atoms with van der Waals surface area (Å²) >= 11 is 0. The van der Waals surface area contributed by atoms with Crippen LogP contribution in [-0.2, 0) is 21.0 Å². The van der Waals surface area contributed by atoms with E-state index in [-0.39, 0.29) is 17.3 Å². The fourth-order valence-corrected chi connectivity index (χ4v) is 5.98. The van der Waals surface area contributed by atoms with Crippen LogP contribution in [0, 0.1) is 18.3 Å². The number of aromatic nitrogens is 3. The van der Waals surface area contributed by atoms with Crippen LogP contribution in [0.25, 0.3) is 11.1 Å². The Labute approximate surface area is 233 Å². The Morgan fingerprint density at radius 1 is 1.15 bits per heavy atom. The molecule has 0 saturated carbocycles. The molecule has 40 heavy (non-hydrogen) atoms. The molecule has 9 nitrogen and oxygen atoms in total. The summed E-state index contributed by atoms with van der Waals surface area (Å²) < 4.78 is 34.3. The second-order valence-corrected chi connectivity index (χ2v) is 11.3. The van der Waals surface area contributed by atoms with Crippen molar-refractivity contribution in [1.29, 1.82) is 5.26 Å². The summed E-state index contributed by atoms with van der Waals surface area (Å²) in [6, 6.07) is 15.9. The molecule has 1 atom stereocenters. The lowest BCUT2D eigenvalue weighted by molar-refractivity contribution is 0.165. The van der Waals surface area contributed by atoms with E-state index in [4.69, 9.17) is 4.74 Å². The number of methoxy groups -OCH3 is 1. The topological polar surface area (TPSA) is 135 Å². The maximum atomic E-state index is 14.0.